The summed E-state index contributed by atoms with van der Waals surface area (Å²) in [6.07, 6.45) is 0.680. The van der Waals surface area contributed by atoms with E-state index in [1.54, 1.807) is 6.92 Å². The normalized spacial score (nSPS) is 10.3. The lowest BCUT2D eigenvalue weighted by Crippen LogP contribution is -1.99. The van der Waals surface area contributed by atoms with Crippen LogP contribution < -0.4 is 9.47 Å². The Bertz CT molecular complexity index is 597. The van der Waals surface area contributed by atoms with Crippen LogP contribution in [0.25, 0.3) is 0 Å². The van der Waals surface area contributed by atoms with E-state index in [4.69, 9.17) is 25.6 Å². The molecule has 19 heavy (non-hydrogen) atoms. The molecule has 100 valence electrons. The van der Waals surface area contributed by atoms with Gasteiger partial charge in [0.25, 0.3) is 5.89 Å². The fourth-order valence-electron chi connectivity index (χ4n) is 1.48. The van der Waals surface area contributed by atoms with Gasteiger partial charge in [-0.15, -0.1) is 0 Å². The predicted octanol–water partition coefficient (Wildman–Crippen LogP) is 2.43. The highest BCUT2D eigenvalue weighted by Crippen LogP contribution is 2.36. The molecule has 0 unspecified atom stereocenters. The number of aldehydes is 1. The van der Waals surface area contributed by atoms with Gasteiger partial charge in [0.15, 0.2) is 23.9 Å². The summed E-state index contributed by atoms with van der Waals surface area (Å²) < 4.78 is 15.5. The molecule has 0 aliphatic heterocycles. The number of halogens is 1. The molecule has 1 heterocycles. The standard InChI is InChI=1S/C12H11ClN2O4/c1-7-14-11(19-15-7)6-18-12-9(13)3-8(5-16)4-10(12)17-2/h3-5H,6H2,1-2H3. The van der Waals surface area contributed by atoms with E-state index in [-0.39, 0.29) is 11.6 Å². The molecule has 0 radical (unpaired) electrons. The Morgan fingerprint density at radius 1 is 1.47 bits per heavy atom. The maximum Gasteiger partial charge on any atom is 0.264 e. The van der Waals surface area contributed by atoms with Crippen molar-refractivity contribution in [3.8, 4) is 11.5 Å². The number of ether oxygens (including phenoxy) is 2. The molecule has 0 aliphatic carbocycles. The van der Waals surface area contributed by atoms with Gasteiger partial charge in [0.1, 0.15) is 6.29 Å². The van der Waals surface area contributed by atoms with Crippen LogP contribution >= 0.6 is 11.6 Å². The Kier molecular flexibility index (Phi) is 4.01. The van der Waals surface area contributed by atoms with Gasteiger partial charge in [0, 0.05) is 5.56 Å². The molecule has 1 aromatic carbocycles. The van der Waals surface area contributed by atoms with Crippen molar-refractivity contribution in [1.29, 1.82) is 0 Å². The number of hydrogen-bond acceptors (Lipinski definition) is 6. The number of rotatable bonds is 5. The van der Waals surface area contributed by atoms with E-state index in [9.17, 15) is 4.79 Å². The van der Waals surface area contributed by atoms with Crippen LogP contribution in [-0.4, -0.2) is 23.5 Å². The molecule has 0 spiro atoms. The average molecular weight is 283 g/mol. The van der Waals surface area contributed by atoms with Gasteiger partial charge in [-0.05, 0) is 19.1 Å². The summed E-state index contributed by atoms with van der Waals surface area (Å²) in [6.45, 7) is 1.77. The average Bonchev–Trinajstić information content (AvgIpc) is 2.82. The van der Waals surface area contributed by atoms with Gasteiger partial charge in [-0.25, -0.2) is 0 Å². The van der Waals surface area contributed by atoms with E-state index in [1.807, 2.05) is 0 Å². The molecule has 0 N–H and O–H groups in total. The van der Waals surface area contributed by atoms with Crippen LogP contribution in [0, 0.1) is 6.92 Å². The zero-order valence-corrected chi connectivity index (χ0v) is 11.1. The first-order valence-electron chi connectivity index (χ1n) is 5.38. The number of carbonyl (C=O) groups is 1. The van der Waals surface area contributed by atoms with Gasteiger partial charge in [-0.3, -0.25) is 4.79 Å². The van der Waals surface area contributed by atoms with Gasteiger partial charge in [-0.2, -0.15) is 4.98 Å². The van der Waals surface area contributed by atoms with Crippen molar-refractivity contribution in [1.82, 2.24) is 10.1 Å². The topological polar surface area (TPSA) is 74.5 Å². The number of aryl methyl sites for hydroxylation is 1. The van der Waals surface area contributed by atoms with Crippen molar-refractivity contribution < 1.29 is 18.8 Å². The molecule has 2 aromatic rings. The molecule has 0 fully saturated rings. The van der Waals surface area contributed by atoms with Crippen LogP contribution in [-0.2, 0) is 6.61 Å². The first-order chi connectivity index (χ1) is 9.13. The maximum atomic E-state index is 10.7. The molecule has 7 heteroatoms. The molecule has 0 bridgehead atoms. The van der Waals surface area contributed by atoms with Crippen LogP contribution in [0.2, 0.25) is 5.02 Å². The lowest BCUT2D eigenvalue weighted by atomic mass is 10.2. The lowest BCUT2D eigenvalue weighted by molar-refractivity contribution is 0.112. The number of hydrogen-bond donors (Lipinski definition) is 0. The lowest BCUT2D eigenvalue weighted by Gasteiger charge is -2.11. The number of aromatic nitrogens is 2. The molecule has 0 atom stereocenters. The van der Waals surface area contributed by atoms with Crippen molar-refractivity contribution >= 4 is 17.9 Å². The summed E-state index contributed by atoms with van der Waals surface area (Å²) in [5.74, 6) is 1.54. The van der Waals surface area contributed by atoms with Crippen LogP contribution in [0.3, 0.4) is 0 Å². The Balaban J connectivity index is 2.21. The monoisotopic (exact) mass is 282 g/mol. The Labute approximate surface area is 114 Å². The molecule has 6 nitrogen and oxygen atoms in total. The highest BCUT2D eigenvalue weighted by atomic mass is 35.5. The number of nitrogens with zero attached hydrogens (tertiary/aromatic N) is 2. The second-order valence-corrected chi connectivity index (χ2v) is 4.08. The van der Waals surface area contributed by atoms with Crippen LogP contribution in [0.4, 0.5) is 0 Å². The number of carbonyl (C=O) groups excluding carboxylic acids is 1. The minimum absolute atomic E-state index is 0.0668. The van der Waals surface area contributed by atoms with Gasteiger partial charge < -0.3 is 14.0 Å². The zero-order valence-electron chi connectivity index (χ0n) is 10.3. The molecule has 1 aromatic heterocycles. The maximum absolute atomic E-state index is 10.7. The van der Waals surface area contributed by atoms with Gasteiger partial charge in [-0.1, -0.05) is 16.8 Å². The van der Waals surface area contributed by atoms with Crippen LogP contribution in [0.1, 0.15) is 22.1 Å². The fourth-order valence-corrected chi connectivity index (χ4v) is 1.75. The molecule has 0 aliphatic rings. The Hall–Kier alpha value is -2.08. The van der Waals surface area contributed by atoms with Gasteiger partial charge >= 0.3 is 0 Å². The van der Waals surface area contributed by atoms with Crippen molar-refractivity contribution in [3.05, 3.63) is 34.4 Å². The van der Waals surface area contributed by atoms with E-state index in [1.165, 1.54) is 19.2 Å². The smallest absolute Gasteiger partial charge is 0.264 e. The first-order valence-corrected chi connectivity index (χ1v) is 5.76. The largest absolute Gasteiger partial charge is 0.493 e. The fraction of sp³-hybridized carbons (Fsp3) is 0.250. The molecule has 0 saturated heterocycles. The number of methoxy groups -OCH3 is 1. The van der Waals surface area contributed by atoms with E-state index in [2.05, 4.69) is 10.1 Å². The summed E-state index contributed by atoms with van der Waals surface area (Å²) in [4.78, 5) is 14.7. The van der Waals surface area contributed by atoms with E-state index < -0.39 is 0 Å². The van der Waals surface area contributed by atoms with E-state index in [0.717, 1.165) is 0 Å². The second kappa shape index (κ2) is 5.71. The third-order valence-corrected chi connectivity index (χ3v) is 2.58. The quantitative estimate of drug-likeness (QED) is 0.784. The Morgan fingerprint density at radius 2 is 2.26 bits per heavy atom. The zero-order chi connectivity index (χ0) is 13.8. The summed E-state index contributed by atoms with van der Waals surface area (Å²) in [5, 5.41) is 3.92. The van der Waals surface area contributed by atoms with Crippen molar-refractivity contribution in [3.63, 3.8) is 0 Å². The van der Waals surface area contributed by atoms with E-state index in [0.29, 0.717) is 35.1 Å². The second-order valence-electron chi connectivity index (χ2n) is 3.68. The van der Waals surface area contributed by atoms with Crippen LogP contribution in [0.15, 0.2) is 16.7 Å². The van der Waals surface area contributed by atoms with Crippen molar-refractivity contribution in [2.45, 2.75) is 13.5 Å². The van der Waals surface area contributed by atoms with E-state index >= 15 is 0 Å². The third-order valence-electron chi connectivity index (χ3n) is 2.30. The minimum atomic E-state index is 0.0668. The molecule has 0 saturated carbocycles. The third kappa shape index (κ3) is 3.03. The first kappa shape index (κ1) is 13.4. The summed E-state index contributed by atoms with van der Waals surface area (Å²) >= 11 is 6.03. The molecule has 0 amide bonds. The Morgan fingerprint density at radius 3 is 2.84 bits per heavy atom. The van der Waals surface area contributed by atoms with Gasteiger partial charge in [0.05, 0.1) is 12.1 Å². The van der Waals surface area contributed by atoms with Crippen LogP contribution in [0.5, 0.6) is 11.5 Å². The van der Waals surface area contributed by atoms with Gasteiger partial charge in [0.2, 0.25) is 0 Å². The molecular weight excluding hydrogens is 272 g/mol. The SMILES string of the molecule is COc1cc(C=O)cc(Cl)c1OCc1nc(C)no1. The highest BCUT2D eigenvalue weighted by Gasteiger charge is 2.13. The molecular formula is C12H11ClN2O4. The molecule has 2 rings (SSSR count). The predicted molar refractivity (Wildman–Crippen MR) is 66.8 cm³/mol. The summed E-state index contributed by atoms with van der Waals surface area (Å²) in [7, 11) is 1.46. The van der Waals surface area contributed by atoms with Crippen molar-refractivity contribution in [2.24, 2.45) is 0 Å². The van der Waals surface area contributed by atoms with Crippen molar-refractivity contribution in [2.75, 3.05) is 7.11 Å². The highest BCUT2D eigenvalue weighted by molar-refractivity contribution is 6.32. The summed E-state index contributed by atoms with van der Waals surface area (Å²) in [5.41, 5.74) is 0.405. The summed E-state index contributed by atoms with van der Waals surface area (Å²) in [6, 6.07) is 3.03. The number of benzene rings is 1. The minimum Gasteiger partial charge on any atom is -0.493 e.